The summed E-state index contributed by atoms with van der Waals surface area (Å²) in [7, 11) is 0. The lowest BCUT2D eigenvalue weighted by atomic mass is 10.1. The molecule has 24 N–H and O–H groups in total. The summed E-state index contributed by atoms with van der Waals surface area (Å²) >= 11 is 0. The summed E-state index contributed by atoms with van der Waals surface area (Å²) in [6.45, 7) is 1.35. The molecule has 23 nitrogen and oxygen atoms in total. The van der Waals surface area contributed by atoms with Gasteiger partial charge in [-0.1, -0.05) is 30.3 Å². The maximum absolute atomic E-state index is 10.4. The Morgan fingerprint density at radius 3 is 1.32 bits per heavy atom. The van der Waals surface area contributed by atoms with Gasteiger partial charge in [-0.15, -0.1) is 0 Å². The maximum atomic E-state index is 10.4. The van der Waals surface area contributed by atoms with Gasteiger partial charge in [-0.05, 0) is 38.2 Å². The lowest BCUT2D eigenvalue weighted by Crippen LogP contribution is -2.34. The van der Waals surface area contributed by atoms with E-state index in [0.717, 1.165) is 5.56 Å². The minimum absolute atomic E-state index is 0.0213. The van der Waals surface area contributed by atoms with Crippen molar-refractivity contribution >= 4 is 47.7 Å². The molecule has 23 heteroatoms. The van der Waals surface area contributed by atoms with Crippen LogP contribution in [0.5, 0.6) is 0 Å². The average molecular weight is 725 g/mol. The SMILES string of the molecule is C[C@H](N)C(=O)O.N=C(N)NCCC[C@H](N)C(=O)O.NC(=O)CC[C@H](N)C(=O)O.NCC(=O)O.NCC(=O)O.N[C@@H](Cc1ccccc1)C(=O)O. The molecule has 1 aromatic carbocycles. The van der Waals surface area contributed by atoms with Crippen molar-refractivity contribution in [2.45, 2.75) is 63.2 Å². The van der Waals surface area contributed by atoms with Gasteiger partial charge < -0.3 is 81.8 Å². The first-order chi connectivity index (χ1) is 23.0. The molecular formula is C27H52N10O13. The molecule has 1 aromatic rings. The Morgan fingerprint density at radius 2 is 1.04 bits per heavy atom. The number of carbonyl (C=O) groups is 7. The molecular weight excluding hydrogens is 672 g/mol. The van der Waals surface area contributed by atoms with Crippen LogP contribution in [0, 0.1) is 5.41 Å². The lowest BCUT2D eigenvalue weighted by Gasteiger charge is -2.06. The molecule has 0 radical (unpaired) electrons. The second-order valence-corrected chi connectivity index (χ2v) is 9.33. The van der Waals surface area contributed by atoms with Crippen molar-refractivity contribution in [1.29, 1.82) is 5.41 Å². The molecule has 0 unspecified atom stereocenters. The van der Waals surface area contributed by atoms with Gasteiger partial charge in [0.25, 0.3) is 0 Å². The van der Waals surface area contributed by atoms with Gasteiger partial charge in [0, 0.05) is 13.0 Å². The van der Waals surface area contributed by atoms with Crippen LogP contribution < -0.4 is 51.2 Å². The number of amides is 1. The standard InChI is InChI=1S/C9H11NO2.C6H14N4O2.C5H10N2O3.C3H7NO2.2C2H5NO2/c10-8(9(11)12)6-7-4-2-1-3-5-7;7-4(5(11)12)2-1-3-10-6(8)9;6-3(5(9)10)1-2-4(7)8;1-2(4)3(5)6;2*3-1-2(4)5/h1-5,8H,6,10H2,(H,11,12);4H,1-3,7H2,(H,11,12)(H4,8,9,10);3H,1-2,6H2,(H2,7,8)(H,9,10);2H,4H2,1H3,(H,5,6);2*1,3H2,(H,4,5)/t8-;4-;3-;2-;;/m0000../s1. The zero-order valence-corrected chi connectivity index (χ0v) is 27.5. The zero-order valence-electron chi connectivity index (χ0n) is 27.5. The van der Waals surface area contributed by atoms with Crippen molar-refractivity contribution < 1.29 is 64.2 Å². The highest BCUT2D eigenvalue weighted by atomic mass is 16.4. The van der Waals surface area contributed by atoms with E-state index in [1.165, 1.54) is 6.92 Å². The summed E-state index contributed by atoms with van der Waals surface area (Å²) < 4.78 is 0. The quantitative estimate of drug-likeness (QED) is 0.0460. The lowest BCUT2D eigenvalue weighted by molar-refractivity contribution is -0.139. The molecule has 1 rings (SSSR count). The number of hydrogen-bond acceptors (Lipinski definition) is 14. The molecule has 0 bridgehead atoms. The predicted molar refractivity (Wildman–Crippen MR) is 179 cm³/mol. The van der Waals surface area contributed by atoms with Gasteiger partial charge in [-0.2, -0.15) is 0 Å². The van der Waals surface area contributed by atoms with E-state index >= 15 is 0 Å². The number of benzene rings is 1. The fourth-order valence-corrected chi connectivity index (χ4v) is 2.05. The number of carboxylic acid groups (broad SMARTS) is 6. The van der Waals surface area contributed by atoms with Gasteiger partial charge in [0.1, 0.15) is 24.2 Å². The van der Waals surface area contributed by atoms with Crippen LogP contribution in [0.1, 0.15) is 38.2 Å². The first-order valence-electron chi connectivity index (χ1n) is 14.1. The highest BCUT2D eigenvalue weighted by Gasteiger charge is 2.12. The minimum atomic E-state index is -1.11. The van der Waals surface area contributed by atoms with Crippen molar-refractivity contribution in [2.24, 2.45) is 45.9 Å². The van der Waals surface area contributed by atoms with Gasteiger partial charge in [-0.25, -0.2) is 0 Å². The molecule has 0 saturated heterocycles. The van der Waals surface area contributed by atoms with Crippen LogP contribution >= 0.6 is 0 Å². The third-order valence-corrected chi connectivity index (χ3v) is 4.70. The van der Waals surface area contributed by atoms with Crippen LogP contribution in [0.3, 0.4) is 0 Å². The Kier molecular flexibility index (Phi) is 37.7. The summed E-state index contributed by atoms with van der Waals surface area (Å²) in [4.78, 5) is 68.8. The van der Waals surface area contributed by atoms with Gasteiger partial charge in [0.2, 0.25) is 5.91 Å². The van der Waals surface area contributed by atoms with Crippen molar-refractivity contribution in [3.05, 3.63) is 35.9 Å². The van der Waals surface area contributed by atoms with Crippen molar-refractivity contribution in [3.8, 4) is 0 Å². The second-order valence-electron chi connectivity index (χ2n) is 9.33. The molecule has 0 fully saturated rings. The summed E-state index contributed by atoms with van der Waals surface area (Å²) in [6.07, 6.45) is 1.48. The normalized spacial score (nSPS) is 11.5. The molecule has 4 atom stereocenters. The second kappa shape index (κ2) is 34.9. The van der Waals surface area contributed by atoms with Crippen LogP contribution in [0.2, 0.25) is 0 Å². The number of guanidine groups is 1. The number of carboxylic acids is 6. The Balaban J connectivity index is -0.000000168. The van der Waals surface area contributed by atoms with E-state index in [-0.39, 0.29) is 31.9 Å². The molecule has 288 valence electrons. The van der Waals surface area contributed by atoms with Crippen molar-refractivity contribution in [2.75, 3.05) is 19.6 Å². The summed E-state index contributed by atoms with van der Waals surface area (Å²) in [6, 6.07) is 6.01. The van der Waals surface area contributed by atoms with Crippen LogP contribution in [-0.4, -0.2) is 122 Å². The molecule has 0 aromatic heterocycles. The van der Waals surface area contributed by atoms with Gasteiger partial charge >= 0.3 is 35.8 Å². The van der Waals surface area contributed by atoms with Crippen molar-refractivity contribution in [3.63, 3.8) is 0 Å². The summed E-state index contributed by atoms with van der Waals surface area (Å²) in [5.41, 5.74) is 40.3. The highest BCUT2D eigenvalue weighted by Crippen LogP contribution is 2.01. The smallest absolute Gasteiger partial charge is 0.320 e. The fraction of sp³-hybridized carbons (Fsp3) is 0.481. The minimum Gasteiger partial charge on any atom is -0.480 e. The van der Waals surface area contributed by atoms with Gasteiger partial charge in [-0.3, -0.25) is 39.0 Å². The Morgan fingerprint density at radius 1 is 0.680 bits per heavy atom. The summed E-state index contributed by atoms with van der Waals surface area (Å²) in [5.74, 6) is -6.61. The Labute approximate surface area is 287 Å². The Hall–Kier alpha value is -5.46. The number of primary amides is 1. The Bertz CT molecular complexity index is 1130. The van der Waals surface area contributed by atoms with E-state index in [1.54, 1.807) is 0 Å². The number of nitrogens with one attached hydrogen (secondary N) is 2. The van der Waals surface area contributed by atoms with Gasteiger partial charge in [0.05, 0.1) is 13.1 Å². The molecule has 0 spiro atoms. The maximum Gasteiger partial charge on any atom is 0.320 e. The van der Waals surface area contributed by atoms with E-state index in [1.807, 2.05) is 30.3 Å². The van der Waals surface area contributed by atoms with Crippen LogP contribution in [-0.2, 0) is 40.0 Å². The monoisotopic (exact) mass is 724 g/mol. The molecule has 50 heavy (non-hydrogen) atoms. The number of aliphatic carboxylic acids is 6. The molecule has 0 aliphatic rings. The van der Waals surface area contributed by atoms with Crippen LogP contribution in [0.4, 0.5) is 0 Å². The summed E-state index contributed by atoms with van der Waals surface area (Å²) in [5, 5.41) is 57.5. The largest absolute Gasteiger partial charge is 0.480 e. The van der Waals surface area contributed by atoms with E-state index in [4.69, 9.17) is 70.5 Å². The van der Waals surface area contributed by atoms with Gasteiger partial charge in [0.15, 0.2) is 5.96 Å². The topological polar surface area (TPSA) is 485 Å². The number of rotatable bonds is 15. The number of carbonyl (C=O) groups excluding carboxylic acids is 1. The highest BCUT2D eigenvalue weighted by molar-refractivity contribution is 5.77. The number of hydrogen-bond donors (Lipinski definition) is 16. The third kappa shape index (κ3) is 49.4. The number of nitrogens with two attached hydrogens (primary N) is 8. The van der Waals surface area contributed by atoms with Crippen LogP contribution in [0.15, 0.2) is 30.3 Å². The predicted octanol–water partition coefficient (Wildman–Crippen LogP) is -4.56. The average Bonchev–Trinajstić information content (AvgIpc) is 3.03. The first-order valence-corrected chi connectivity index (χ1v) is 14.1. The molecule has 0 aliphatic heterocycles. The fourth-order valence-electron chi connectivity index (χ4n) is 2.05. The van der Waals surface area contributed by atoms with Crippen molar-refractivity contribution in [1.82, 2.24) is 5.32 Å². The van der Waals surface area contributed by atoms with E-state index in [9.17, 15) is 33.6 Å². The molecule has 1 amide bonds. The van der Waals surface area contributed by atoms with E-state index < -0.39 is 65.9 Å². The van der Waals surface area contributed by atoms with E-state index in [0.29, 0.717) is 25.8 Å². The molecule has 0 aliphatic carbocycles. The molecule has 0 saturated carbocycles. The van der Waals surface area contributed by atoms with Crippen LogP contribution in [0.25, 0.3) is 0 Å². The van der Waals surface area contributed by atoms with E-state index in [2.05, 4.69) is 16.8 Å². The molecule has 0 heterocycles. The zero-order chi connectivity index (χ0) is 40.4. The third-order valence-electron chi connectivity index (χ3n) is 4.70. The first kappa shape index (κ1) is 54.0.